The van der Waals surface area contributed by atoms with Crippen LogP contribution in [0.1, 0.15) is 28.7 Å². The molecule has 8 heteroatoms. The Morgan fingerprint density at radius 2 is 2.15 bits per heavy atom. The molecule has 2 heterocycles. The third-order valence-corrected chi connectivity index (χ3v) is 5.21. The smallest absolute Gasteiger partial charge is 0.323 e. The molecule has 0 spiro atoms. The highest BCUT2D eigenvalue weighted by Crippen LogP contribution is 2.50. The number of carbonyl (C=O) groups excluding carboxylic acids is 2. The van der Waals surface area contributed by atoms with Gasteiger partial charge in [0.25, 0.3) is 0 Å². The van der Waals surface area contributed by atoms with Crippen LogP contribution in [-0.4, -0.2) is 37.3 Å². The molecule has 0 bridgehead atoms. The SMILES string of the molecule is COC(=O)[C@]1([C@@H](C[NH+]([O-])O)c2ccco2)C(=O)NC[C@@H]1c1ccc(C)cc1. The first-order chi connectivity index (χ1) is 12.9. The third-order valence-electron chi connectivity index (χ3n) is 5.21. The molecular formula is C19H22N2O6. The van der Waals surface area contributed by atoms with E-state index < -0.39 is 40.9 Å². The van der Waals surface area contributed by atoms with E-state index in [1.807, 2.05) is 31.2 Å². The van der Waals surface area contributed by atoms with Crippen LogP contribution in [0.5, 0.6) is 0 Å². The summed E-state index contributed by atoms with van der Waals surface area (Å²) in [5.74, 6) is -2.66. The van der Waals surface area contributed by atoms with Crippen molar-refractivity contribution in [3.8, 4) is 0 Å². The van der Waals surface area contributed by atoms with Crippen molar-refractivity contribution in [2.45, 2.75) is 18.8 Å². The van der Waals surface area contributed by atoms with Gasteiger partial charge in [-0.15, -0.1) is 0 Å². The fourth-order valence-corrected chi connectivity index (χ4v) is 3.94. The van der Waals surface area contributed by atoms with Crippen LogP contribution in [0.3, 0.4) is 0 Å². The van der Waals surface area contributed by atoms with Crippen LogP contribution in [0.2, 0.25) is 0 Å². The molecule has 1 aromatic carbocycles. The minimum Gasteiger partial charge on any atom is -0.600 e. The normalized spacial score (nSPS) is 24.3. The van der Waals surface area contributed by atoms with E-state index in [4.69, 9.17) is 9.15 Å². The predicted molar refractivity (Wildman–Crippen MR) is 93.8 cm³/mol. The number of rotatable bonds is 6. The molecule has 1 aliphatic rings. The maximum Gasteiger partial charge on any atom is 0.323 e. The molecule has 1 fully saturated rings. The maximum atomic E-state index is 13.0. The summed E-state index contributed by atoms with van der Waals surface area (Å²) in [6.45, 7) is 1.69. The second kappa shape index (κ2) is 7.51. The lowest BCUT2D eigenvalue weighted by atomic mass is 9.64. The molecule has 1 aromatic heterocycles. The number of benzene rings is 1. The van der Waals surface area contributed by atoms with E-state index in [-0.39, 0.29) is 12.3 Å². The zero-order chi connectivity index (χ0) is 19.6. The number of ether oxygens (including phenoxy) is 1. The van der Waals surface area contributed by atoms with Crippen molar-refractivity contribution >= 4 is 11.9 Å². The average molecular weight is 374 g/mol. The topological polar surface area (TPSA) is 116 Å². The van der Waals surface area contributed by atoms with Gasteiger partial charge in [-0.1, -0.05) is 29.8 Å². The Morgan fingerprint density at radius 3 is 2.70 bits per heavy atom. The Morgan fingerprint density at radius 1 is 1.44 bits per heavy atom. The quantitative estimate of drug-likeness (QED) is 0.386. The van der Waals surface area contributed by atoms with Crippen molar-refractivity contribution in [1.29, 1.82) is 0 Å². The fourth-order valence-electron chi connectivity index (χ4n) is 3.94. The summed E-state index contributed by atoms with van der Waals surface area (Å²) in [5.41, 5.74) is 0.0550. The second-order valence-electron chi connectivity index (χ2n) is 6.70. The Bertz CT molecular complexity index is 802. The monoisotopic (exact) mass is 374 g/mol. The Labute approximate surface area is 156 Å². The molecule has 2 aromatic rings. The van der Waals surface area contributed by atoms with Gasteiger partial charge in [-0.05, 0) is 24.6 Å². The van der Waals surface area contributed by atoms with Gasteiger partial charge in [0.05, 0.1) is 19.3 Å². The first kappa shape index (κ1) is 19.1. The number of nitrogens with one attached hydrogen (secondary N) is 2. The summed E-state index contributed by atoms with van der Waals surface area (Å²) in [6, 6.07) is 10.6. The zero-order valence-electron chi connectivity index (χ0n) is 15.1. The van der Waals surface area contributed by atoms with Crippen LogP contribution in [0, 0.1) is 17.5 Å². The molecule has 0 radical (unpaired) electrons. The van der Waals surface area contributed by atoms with Gasteiger partial charge in [0, 0.05) is 12.5 Å². The molecule has 1 unspecified atom stereocenters. The highest BCUT2D eigenvalue weighted by atomic mass is 16.8. The minimum absolute atomic E-state index is 0.202. The number of carbonyl (C=O) groups is 2. The Balaban J connectivity index is 2.20. The molecule has 3 N–H and O–H groups in total. The molecule has 3 rings (SSSR count). The second-order valence-corrected chi connectivity index (χ2v) is 6.70. The molecule has 0 aliphatic carbocycles. The molecule has 1 saturated heterocycles. The van der Waals surface area contributed by atoms with Crippen molar-refractivity contribution < 1.29 is 29.2 Å². The van der Waals surface area contributed by atoms with Crippen molar-refractivity contribution in [2.24, 2.45) is 5.41 Å². The van der Waals surface area contributed by atoms with Gasteiger partial charge in [-0.25, -0.2) is 10.4 Å². The van der Waals surface area contributed by atoms with Gasteiger partial charge in [0.1, 0.15) is 12.3 Å². The zero-order valence-corrected chi connectivity index (χ0v) is 15.1. The molecule has 1 aliphatic heterocycles. The number of quaternary nitrogens is 1. The molecule has 8 nitrogen and oxygen atoms in total. The van der Waals surface area contributed by atoms with Crippen LogP contribution in [0.25, 0.3) is 0 Å². The van der Waals surface area contributed by atoms with Gasteiger partial charge in [0.2, 0.25) is 5.91 Å². The van der Waals surface area contributed by atoms with E-state index in [1.54, 1.807) is 12.1 Å². The number of aryl methyl sites for hydroxylation is 1. The largest absolute Gasteiger partial charge is 0.600 e. The van der Waals surface area contributed by atoms with E-state index in [0.29, 0.717) is 0 Å². The first-order valence-corrected chi connectivity index (χ1v) is 8.59. The van der Waals surface area contributed by atoms with E-state index >= 15 is 0 Å². The van der Waals surface area contributed by atoms with Gasteiger partial charge < -0.3 is 19.7 Å². The molecule has 27 heavy (non-hydrogen) atoms. The summed E-state index contributed by atoms with van der Waals surface area (Å²) in [7, 11) is 1.20. The fraction of sp³-hybridized carbons (Fsp3) is 0.368. The molecular weight excluding hydrogens is 352 g/mol. The summed E-state index contributed by atoms with van der Waals surface area (Å²) in [4.78, 5) is 26.0. The molecule has 0 saturated carbocycles. The van der Waals surface area contributed by atoms with Gasteiger partial charge >= 0.3 is 5.97 Å². The van der Waals surface area contributed by atoms with Gasteiger partial charge in [0.15, 0.2) is 5.41 Å². The lowest BCUT2D eigenvalue weighted by Gasteiger charge is -2.36. The van der Waals surface area contributed by atoms with E-state index in [2.05, 4.69) is 5.32 Å². The number of furan rings is 1. The number of amides is 1. The standard InChI is InChI=1S/C19H22N2O6/c1-12-5-7-13(8-6-12)14-10-20-17(22)19(14,18(23)26-2)15(11-21(24)25)16-4-3-9-27-16/h3-9,14-15,21,24H,10-11H2,1-2H3,(H,20,22)/t14-,15+,19-/m1/s1. The van der Waals surface area contributed by atoms with Crippen LogP contribution in [0.4, 0.5) is 0 Å². The first-order valence-electron chi connectivity index (χ1n) is 8.59. The van der Waals surface area contributed by atoms with Crippen molar-refractivity contribution in [1.82, 2.24) is 5.32 Å². The highest BCUT2D eigenvalue weighted by Gasteiger charge is 2.64. The summed E-state index contributed by atoms with van der Waals surface area (Å²) >= 11 is 0. The van der Waals surface area contributed by atoms with Gasteiger partial charge in [-0.2, -0.15) is 0 Å². The third kappa shape index (κ3) is 3.23. The van der Waals surface area contributed by atoms with Crippen molar-refractivity contribution in [2.75, 3.05) is 20.2 Å². The average Bonchev–Trinajstić information content (AvgIpc) is 3.28. The molecule has 1 amide bonds. The number of esters is 1. The lowest BCUT2D eigenvalue weighted by molar-refractivity contribution is -1.05. The lowest BCUT2D eigenvalue weighted by Crippen LogP contribution is -3.05. The van der Waals surface area contributed by atoms with E-state index in [1.165, 1.54) is 13.4 Å². The van der Waals surface area contributed by atoms with Gasteiger partial charge in [-0.3, -0.25) is 9.59 Å². The number of hydroxylamine groups is 2. The molecule has 144 valence electrons. The predicted octanol–water partition coefficient (Wildman–Crippen LogP) is 0.517. The van der Waals surface area contributed by atoms with Crippen LogP contribution in [0.15, 0.2) is 47.1 Å². The Kier molecular flexibility index (Phi) is 5.31. The van der Waals surface area contributed by atoms with Crippen LogP contribution < -0.4 is 10.5 Å². The van der Waals surface area contributed by atoms with Crippen LogP contribution >= 0.6 is 0 Å². The summed E-state index contributed by atoms with van der Waals surface area (Å²) in [5, 5.41) is 22.6. The Hall–Kier alpha value is -2.68. The summed E-state index contributed by atoms with van der Waals surface area (Å²) < 4.78 is 10.4. The molecule has 4 atom stereocenters. The minimum atomic E-state index is -1.74. The number of methoxy groups -OCH3 is 1. The van der Waals surface area contributed by atoms with Crippen molar-refractivity contribution in [3.63, 3.8) is 0 Å². The van der Waals surface area contributed by atoms with E-state index in [9.17, 15) is 20.0 Å². The van der Waals surface area contributed by atoms with E-state index in [0.717, 1.165) is 11.1 Å². The number of hydrogen-bond donors (Lipinski definition) is 3. The maximum absolute atomic E-state index is 13.0. The number of hydrogen-bond acceptors (Lipinski definition) is 6. The highest BCUT2D eigenvalue weighted by molar-refractivity contribution is 6.06. The van der Waals surface area contributed by atoms with Crippen LogP contribution in [-0.2, 0) is 14.3 Å². The van der Waals surface area contributed by atoms with Crippen molar-refractivity contribution in [3.05, 3.63) is 64.8 Å². The summed E-state index contributed by atoms with van der Waals surface area (Å²) in [6.07, 6.45) is 1.39.